The minimum atomic E-state index is -1.02. The first-order valence-electron chi connectivity index (χ1n) is 10.8. The van der Waals surface area contributed by atoms with Crippen LogP contribution in [0, 0.1) is 0 Å². The molecule has 0 aliphatic carbocycles. The molecule has 0 spiro atoms. The van der Waals surface area contributed by atoms with E-state index in [4.69, 9.17) is 9.47 Å². The lowest BCUT2D eigenvalue weighted by molar-refractivity contribution is -0.143. The molecular weight excluding hydrogens is 454 g/mol. The Morgan fingerprint density at radius 2 is 1.65 bits per heavy atom. The van der Waals surface area contributed by atoms with Crippen LogP contribution in [0.15, 0.2) is 53.4 Å². The summed E-state index contributed by atoms with van der Waals surface area (Å²) in [6, 6.07) is 11.1. The number of hydrogen-bond acceptors (Lipinski definition) is 7. The molecule has 0 saturated carbocycles. The summed E-state index contributed by atoms with van der Waals surface area (Å²) in [4.78, 5) is 46.5. The van der Waals surface area contributed by atoms with Crippen molar-refractivity contribution in [2.24, 2.45) is 0 Å². The summed E-state index contributed by atoms with van der Waals surface area (Å²) in [5, 5.41) is 3.36. The van der Waals surface area contributed by atoms with Crippen molar-refractivity contribution in [2.45, 2.75) is 52.3 Å². The van der Waals surface area contributed by atoms with E-state index in [9.17, 15) is 14.4 Å². The lowest BCUT2D eigenvalue weighted by atomic mass is 10.1. The van der Waals surface area contributed by atoms with Crippen molar-refractivity contribution in [1.82, 2.24) is 4.98 Å². The molecule has 1 unspecified atom stereocenters. The molecule has 180 valence electrons. The summed E-state index contributed by atoms with van der Waals surface area (Å²) in [6.07, 6.45) is -0.673. The van der Waals surface area contributed by atoms with E-state index in [0.29, 0.717) is 11.5 Å². The van der Waals surface area contributed by atoms with Crippen LogP contribution >= 0.6 is 11.3 Å². The fourth-order valence-corrected chi connectivity index (χ4v) is 4.14. The predicted octanol–water partition coefficient (Wildman–Crippen LogP) is 5.02. The molecule has 2 atom stereocenters. The Morgan fingerprint density at radius 1 is 0.971 bits per heavy atom. The number of carbonyl (C=O) groups is 3. The summed E-state index contributed by atoms with van der Waals surface area (Å²) in [5.74, 6) is -0.785. The highest BCUT2D eigenvalue weighted by Gasteiger charge is 2.38. The van der Waals surface area contributed by atoms with E-state index in [1.165, 1.54) is 28.2 Å². The molecule has 0 saturated heterocycles. The first-order chi connectivity index (χ1) is 16.0. The van der Waals surface area contributed by atoms with Gasteiger partial charge in [0.1, 0.15) is 23.5 Å². The number of fused-ring (bicyclic) bond motifs is 1. The molecule has 2 amide bonds. The van der Waals surface area contributed by atoms with Gasteiger partial charge < -0.3 is 9.47 Å². The standard InChI is InChI=1S/C25H29N3O5S/c1-16(22(29)28(17(2)23(30)32-6)21-14-34-15-26-21)27(24(31)33-25(3,4)5)20-13-9-11-18-10-7-8-12-19(18)20/h7-17H,1-6H3/t16-,17?/m0/s1. The molecule has 0 aliphatic heterocycles. The fraction of sp³-hybridized carbons (Fsp3) is 0.360. The largest absolute Gasteiger partial charge is 0.467 e. The molecule has 8 nitrogen and oxygen atoms in total. The topological polar surface area (TPSA) is 89.0 Å². The zero-order valence-corrected chi connectivity index (χ0v) is 21.0. The number of amides is 2. The Balaban J connectivity index is 2.11. The van der Waals surface area contributed by atoms with E-state index in [-0.39, 0.29) is 0 Å². The second kappa shape index (κ2) is 10.2. The van der Waals surface area contributed by atoms with Gasteiger partial charge in [0, 0.05) is 10.8 Å². The maximum atomic E-state index is 13.9. The van der Waals surface area contributed by atoms with Gasteiger partial charge in [-0.1, -0.05) is 36.4 Å². The molecule has 0 N–H and O–H groups in total. The summed E-state index contributed by atoms with van der Waals surface area (Å²) in [7, 11) is 1.26. The van der Waals surface area contributed by atoms with Gasteiger partial charge in [0.05, 0.1) is 18.3 Å². The molecule has 3 aromatic rings. The number of methoxy groups -OCH3 is 1. The zero-order valence-electron chi connectivity index (χ0n) is 20.1. The third-order valence-electron chi connectivity index (χ3n) is 5.19. The van der Waals surface area contributed by atoms with E-state index in [1.54, 1.807) is 51.6 Å². The summed E-state index contributed by atoms with van der Waals surface area (Å²) in [6.45, 7) is 8.46. The maximum Gasteiger partial charge on any atom is 0.415 e. The highest BCUT2D eigenvalue weighted by molar-refractivity contribution is 7.07. The number of thiazole rings is 1. The average Bonchev–Trinajstić information content (AvgIpc) is 3.31. The summed E-state index contributed by atoms with van der Waals surface area (Å²) >= 11 is 1.29. The third kappa shape index (κ3) is 5.36. The van der Waals surface area contributed by atoms with Gasteiger partial charge in [-0.15, -0.1) is 11.3 Å². The third-order valence-corrected chi connectivity index (χ3v) is 5.77. The smallest absolute Gasteiger partial charge is 0.415 e. The quantitative estimate of drug-likeness (QED) is 0.457. The molecule has 3 rings (SSSR count). The van der Waals surface area contributed by atoms with Gasteiger partial charge >= 0.3 is 12.1 Å². The fourth-order valence-electron chi connectivity index (χ4n) is 3.61. The Bertz CT molecular complexity index is 1170. The number of ether oxygens (including phenoxy) is 2. The minimum absolute atomic E-state index is 0.307. The number of carbonyl (C=O) groups excluding carboxylic acids is 3. The minimum Gasteiger partial charge on any atom is -0.467 e. The Morgan fingerprint density at radius 3 is 2.26 bits per heavy atom. The number of esters is 1. The first kappa shape index (κ1) is 25.2. The SMILES string of the molecule is COC(=O)C(C)N(C(=O)[C@H](C)N(C(=O)OC(C)(C)C)c1cccc2ccccc12)c1cscn1. The number of anilines is 2. The van der Waals surface area contributed by atoms with Gasteiger partial charge in [-0.05, 0) is 46.1 Å². The molecule has 34 heavy (non-hydrogen) atoms. The number of hydrogen-bond donors (Lipinski definition) is 0. The number of rotatable bonds is 6. The lowest BCUT2D eigenvalue weighted by Gasteiger charge is -2.35. The van der Waals surface area contributed by atoms with E-state index in [2.05, 4.69) is 4.98 Å². The normalized spacial score (nSPS) is 13.1. The second-order valence-electron chi connectivity index (χ2n) is 8.78. The molecule has 9 heteroatoms. The van der Waals surface area contributed by atoms with Crippen LogP contribution in [-0.2, 0) is 19.1 Å². The van der Waals surface area contributed by atoms with Crippen molar-refractivity contribution in [3.05, 3.63) is 53.4 Å². The average molecular weight is 484 g/mol. The van der Waals surface area contributed by atoms with E-state index in [1.807, 2.05) is 36.4 Å². The molecule has 1 aromatic heterocycles. The van der Waals surface area contributed by atoms with Crippen LogP contribution < -0.4 is 9.80 Å². The molecule has 0 fully saturated rings. The highest BCUT2D eigenvalue weighted by atomic mass is 32.1. The van der Waals surface area contributed by atoms with Gasteiger partial charge in [-0.25, -0.2) is 14.6 Å². The predicted molar refractivity (Wildman–Crippen MR) is 133 cm³/mol. The van der Waals surface area contributed by atoms with E-state index < -0.39 is 35.7 Å². The molecule has 0 bridgehead atoms. The summed E-state index contributed by atoms with van der Waals surface area (Å²) in [5.41, 5.74) is 1.31. The van der Waals surface area contributed by atoms with Crippen molar-refractivity contribution >= 4 is 51.6 Å². The van der Waals surface area contributed by atoms with Gasteiger partial charge in [-0.2, -0.15) is 0 Å². The maximum absolute atomic E-state index is 13.9. The zero-order chi connectivity index (χ0) is 25.0. The lowest BCUT2D eigenvalue weighted by Crippen LogP contribution is -2.55. The Labute approximate surface area is 203 Å². The van der Waals surface area contributed by atoms with Crippen LogP contribution in [0.3, 0.4) is 0 Å². The molecule has 1 heterocycles. The first-order valence-corrected chi connectivity index (χ1v) is 11.8. The summed E-state index contributed by atoms with van der Waals surface area (Å²) < 4.78 is 10.6. The number of nitrogens with zero attached hydrogens (tertiary/aromatic N) is 3. The van der Waals surface area contributed by atoms with Crippen molar-refractivity contribution in [3.63, 3.8) is 0 Å². The molecule has 0 aliphatic rings. The van der Waals surface area contributed by atoms with Gasteiger partial charge in [-0.3, -0.25) is 14.6 Å². The van der Waals surface area contributed by atoms with E-state index in [0.717, 1.165) is 10.8 Å². The number of benzene rings is 2. The monoisotopic (exact) mass is 483 g/mol. The van der Waals surface area contributed by atoms with Crippen LogP contribution in [0.25, 0.3) is 10.8 Å². The van der Waals surface area contributed by atoms with Gasteiger partial charge in [0.15, 0.2) is 0 Å². The van der Waals surface area contributed by atoms with Gasteiger partial charge in [0.2, 0.25) is 0 Å². The van der Waals surface area contributed by atoms with Crippen molar-refractivity contribution in [1.29, 1.82) is 0 Å². The van der Waals surface area contributed by atoms with Crippen LogP contribution in [0.1, 0.15) is 34.6 Å². The highest BCUT2D eigenvalue weighted by Crippen LogP contribution is 2.31. The van der Waals surface area contributed by atoms with Crippen LogP contribution in [-0.4, -0.2) is 47.7 Å². The second-order valence-corrected chi connectivity index (χ2v) is 9.50. The number of aromatic nitrogens is 1. The Kier molecular flexibility index (Phi) is 7.56. The van der Waals surface area contributed by atoms with E-state index >= 15 is 0 Å². The molecule has 0 radical (unpaired) electrons. The van der Waals surface area contributed by atoms with Crippen LogP contribution in [0.5, 0.6) is 0 Å². The van der Waals surface area contributed by atoms with Crippen molar-refractivity contribution < 1.29 is 23.9 Å². The van der Waals surface area contributed by atoms with Crippen LogP contribution in [0.2, 0.25) is 0 Å². The van der Waals surface area contributed by atoms with Crippen molar-refractivity contribution in [3.8, 4) is 0 Å². The molecule has 2 aromatic carbocycles. The Hall–Kier alpha value is -3.46. The van der Waals surface area contributed by atoms with Crippen molar-refractivity contribution in [2.75, 3.05) is 16.9 Å². The van der Waals surface area contributed by atoms with Crippen LogP contribution in [0.4, 0.5) is 16.3 Å². The molecular formula is C25H29N3O5S. The van der Waals surface area contributed by atoms with Gasteiger partial charge in [0.25, 0.3) is 5.91 Å².